The molecule has 0 aliphatic rings. The fraction of sp³-hybridized carbons (Fsp3) is 0.167. The van der Waals surface area contributed by atoms with Crippen LogP contribution in [0.4, 0.5) is 10.1 Å². The van der Waals surface area contributed by atoms with Crippen molar-refractivity contribution in [1.29, 1.82) is 0 Å². The number of carbonyl (C=O) groups excluding carboxylic acids is 1. The molecule has 0 spiro atoms. The maximum Gasteiger partial charge on any atom is 0.287 e. The highest BCUT2D eigenvalue weighted by Crippen LogP contribution is 2.17. The number of aromatic nitrogens is 2. The lowest BCUT2D eigenvalue weighted by Gasteiger charge is -2.06. The Bertz CT molecular complexity index is 966. The molecule has 0 saturated carbocycles. The van der Waals surface area contributed by atoms with Crippen molar-refractivity contribution in [3.05, 3.63) is 70.6 Å². The van der Waals surface area contributed by atoms with E-state index in [4.69, 9.17) is 21.4 Å². The number of halogens is 1. The first kappa shape index (κ1) is 17.8. The number of aryl methyl sites for hydroxylation is 1. The summed E-state index contributed by atoms with van der Waals surface area (Å²) in [6.07, 6.45) is 0. The van der Waals surface area contributed by atoms with Crippen molar-refractivity contribution in [3.8, 4) is 5.75 Å². The number of hydrogen-bond acceptors (Lipinski definition) is 5. The van der Waals surface area contributed by atoms with Crippen LogP contribution >= 0.6 is 12.2 Å². The number of benzene rings is 2. The van der Waals surface area contributed by atoms with Gasteiger partial charge in [0.2, 0.25) is 5.91 Å². The molecule has 134 valence electrons. The normalized spacial score (nSPS) is 10.5. The van der Waals surface area contributed by atoms with Gasteiger partial charge in [0.05, 0.1) is 0 Å². The lowest BCUT2D eigenvalue weighted by atomic mass is 10.2. The molecule has 0 saturated heterocycles. The van der Waals surface area contributed by atoms with Crippen LogP contribution in [0.3, 0.4) is 0 Å². The molecule has 3 aromatic rings. The van der Waals surface area contributed by atoms with Crippen molar-refractivity contribution in [2.24, 2.45) is 0 Å². The fourth-order valence-electron chi connectivity index (χ4n) is 2.24. The second-order valence-electron chi connectivity index (χ2n) is 5.53. The van der Waals surface area contributed by atoms with Crippen LogP contribution in [0.1, 0.15) is 11.5 Å². The van der Waals surface area contributed by atoms with E-state index in [9.17, 15) is 9.18 Å². The van der Waals surface area contributed by atoms with E-state index in [1.807, 2.05) is 31.2 Å². The number of amides is 1. The molecule has 8 heteroatoms. The number of ether oxygens (including phenoxy) is 1. The maximum absolute atomic E-state index is 12.9. The summed E-state index contributed by atoms with van der Waals surface area (Å²) < 4.78 is 25.2. The first-order valence-electron chi connectivity index (χ1n) is 7.82. The van der Waals surface area contributed by atoms with Gasteiger partial charge in [0.15, 0.2) is 6.61 Å². The lowest BCUT2D eigenvalue weighted by Crippen LogP contribution is -2.19. The minimum Gasteiger partial charge on any atom is -0.484 e. The van der Waals surface area contributed by atoms with E-state index in [2.05, 4.69) is 10.4 Å². The fourth-order valence-corrected chi connectivity index (χ4v) is 2.44. The van der Waals surface area contributed by atoms with Crippen LogP contribution < -0.4 is 10.1 Å². The van der Waals surface area contributed by atoms with Crippen molar-refractivity contribution < 1.29 is 18.3 Å². The Morgan fingerprint density at radius 2 is 2.00 bits per heavy atom. The first-order chi connectivity index (χ1) is 12.5. The summed E-state index contributed by atoms with van der Waals surface area (Å²) in [7, 11) is 0. The molecule has 0 fully saturated rings. The number of rotatable bonds is 6. The molecule has 0 unspecified atom stereocenters. The Balaban J connectivity index is 1.61. The van der Waals surface area contributed by atoms with Gasteiger partial charge in [-0.1, -0.05) is 18.2 Å². The third-order valence-corrected chi connectivity index (χ3v) is 3.81. The molecule has 1 heterocycles. The smallest absolute Gasteiger partial charge is 0.287 e. The number of anilines is 1. The van der Waals surface area contributed by atoms with Crippen molar-refractivity contribution in [2.45, 2.75) is 20.1 Å². The van der Waals surface area contributed by atoms with Crippen molar-refractivity contribution >= 4 is 23.8 Å². The summed E-state index contributed by atoms with van der Waals surface area (Å²) in [6.45, 7) is 1.91. The van der Waals surface area contributed by atoms with E-state index in [0.717, 1.165) is 11.3 Å². The van der Waals surface area contributed by atoms with E-state index in [1.54, 1.807) is 0 Å². The monoisotopic (exact) mass is 373 g/mol. The summed E-state index contributed by atoms with van der Waals surface area (Å²) in [4.78, 5) is 12.1. The van der Waals surface area contributed by atoms with Gasteiger partial charge in [-0.3, -0.25) is 4.79 Å². The second kappa shape index (κ2) is 7.92. The highest BCUT2D eigenvalue weighted by atomic mass is 32.1. The summed E-state index contributed by atoms with van der Waals surface area (Å²) in [5.41, 5.74) is 1.47. The average molecular weight is 373 g/mol. The Morgan fingerprint density at radius 3 is 2.73 bits per heavy atom. The van der Waals surface area contributed by atoms with Gasteiger partial charge < -0.3 is 14.5 Å². The molecule has 0 aliphatic heterocycles. The number of nitrogens with zero attached hydrogens (tertiary/aromatic N) is 2. The number of hydrogen-bond donors (Lipinski definition) is 1. The van der Waals surface area contributed by atoms with E-state index in [1.165, 1.54) is 28.9 Å². The Morgan fingerprint density at radius 1 is 1.27 bits per heavy atom. The minimum absolute atomic E-state index is 0.0719. The molecule has 1 amide bonds. The molecular formula is C18H16FN3O3S. The molecule has 0 aliphatic carbocycles. The molecule has 6 nitrogen and oxygen atoms in total. The predicted octanol–water partition coefficient (Wildman–Crippen LogP) is 3.87. The van der Waals surface area contributed by atoms with Gasteiger partial charge in [-0.25, -0.2) is 9.07 Å². The first-order valence-corrected chi connectivity index (χ1v) is 8.23. The lowest BCUT2D eigenvalue weighted by molar-refractivity contribution is -0.117. The largest absolute Gasteiger partial charge is 0.484 e. The topological polar surface area (TPSA) is 69.3 Å². The molecule has 0 atom stereocenters. The number of nitrogens with one attached hydrogen (secondary N) is 1. The van der Waals surface area contributed by atoms with Crippen LogP contribution in [0.25, 0.3) is 0 Å². The minimum atomic E-state index is -0.375. The van der Waals surface area contributed by atoms with Gasteiger partial charge in [-0.05, 0) is 55.0 Å². The Hall–Kier alpha value is -3.00. The molecule has 1 N–H and O–H groups in total. The molecule has 0 bridgehead atoms. The summed E-state index contributed by atoms with van der Waals surface area (Å²) in [5, 5.41) is 6.78. The molecule has 26 heavy (non-hydrogen) atoms. The van der Waals surface area contributed by atoms with Crippen LogP contribution in [0.15, 0.2) is 52.9 Å². The van der Waals surface area contributed by atoms with Crippen LogP contribution in [-0.4, -0.2) is 15.7 Å². The number of para-hydroxylation sites is 1. The van der Waals surface area contributed by atoms with Crippen LogP contribution in [-0.2, 0) is 17.9 Å². The van der Waals surface area contributed by atoms with E-state index >= 15 is 0 Å². The highest BCUT2D eigenvalue weighted by molar-refractivity contribution is 7.71. The van der Waals surface area contributed by atoms with E-state index < -0.39 is 0 Å². The second-order valence-corrected chi connectivity index (χ2v) is 5.88. The van der Waals surface area contributed by atoms with Crippen LogP contribution in [0, 0.1) is 17.6 Å². The standard InChI is InChI=1S/C18H16FN3O3S/c1-12-4-2-3-5-15(12)24-11-17-21-22(18(26)25-17)10-16(23)20-14-8-6-13(19)7-9-14/h2-9H,10-11H2,1H3,(H,20,23). The SMILES string of the molecule is Cc1ccccc1OCc1nn(CC(=O)Nc2ccc(F)cc2)c(=S)o1. The molecule has 1 aromatic heterocycles. The Kier molecular flexibility index (Phi) is 5.43. The van der Waals surface area contributed by atoms with Crippen LogP contribution in [0.5, 0.6) is 5.75 Å². The van der Waals surface area contributed by atoms with Crippen molar-refractivity contribution in [2.75, 3.05) is 5.32 Å². The van der Waals surface area contributed by atoms with Crippen LogP contribution in [0.2, 0.25) is 0 Å². The van der Waals surface area contributed by atoms with Gasteiger partial charge >= 0.3 is 0 Å². The maximum atomic E-state index is 12.9. The molecule has 3 rings (SSSR count). The third-order valence-electron chi connectivity index (χ3n) is 3.51. The molecule has 2 aromatic carbocycles. The van der Waals surface area contributed by atoms with Crippen molar-refractivity contribution in [3.63, 3.8) is 0 Å². The molecule has 0 radical (unpaired) electrons. The zero-order valence-corrected chi connectivity index (χ0v) is 14.8. The highest BCUT2D eigenvalue weighted by Gasteiger charge is 2.11. The summed E-state index contributed by atoms with van der Waals surface area (Å²) in [5.74, 6) is 0.262. The average Bonchev–Trinajstić information content (AvgIpc) is 2.96. The quantitative estimate of drug-likeness (QED) is 0.664. The summed E-state index contributed by atoms with van der Waals surface area (Å²) >= 11 is 5.08. The number of carbonyl (C=O) groups is 1. The Labute approximate surface area is 154 Å². The predicted molar refractivity (Wildman–Crippen MR) is 95.9 cm³/mol. The van der Waals surface area contributed by atoms with Gasteiger partial charge in [0, 0.05) is 5.69 Å². The van der Waals surface area contributed by atoms with E-state index in [-0.39, 0.29) is 35.6 Å². The van der Waals surface area contributed by atoms with Gasteiger partial charge in [-0.2, -0.15) is 0 Å². The molecular weight excluding hydrogens is 357 g/mol. The van der Waals surface area contributed by atoms with Gasteiger partial charge in [-0.15, -0.1) is 5.10 Å². The zero-order chi connectivity index (χ0) is 18.5. The van der Waals surface area contributed by atoms with Gasteiger partial charge in [0.1, 0.15) is 18.1 Å². The summed E-state index contributed by atoms with van der Waals surface area (Å²) in [6, 6.07) is 13.0. The van der Waals surface area contributed by atoms with Gasteiger partial charge in [0.25, 0.3) is 10.7 Å². The zero-order valence-electron chi connectivity index (χ0n) is 13.9. The van der Waals surface area contributed by atoms with E-state index in [0.29, 0.717) is 5.69 Å². The third kappa shape index (κ3) is 4.54. The van der Waals surface area contributed by atoms with Crippen molar-refractivity contribution in [1.82, 2.24) is 9.78 Å².